The van der Waals surface area contributed by atoms with Crippen molar-refractivity contribution in [2.75, 3.05) is 26.0 Å². The van der Waals surface area contributed by atoms with Crippen molar-refractivity contribution in [2.45, 2.75) is 19.8 Å². The molecule has 1 aromatic rings. The third-order valence-corrected chi connectivity index (χ3v) is 2.60. The summed E-state index contributed by atoms with van der Waals surface area (Å²) in [5.41, 5.74) is 8.00. The molecular weight excluding hydrogens is 216 g/mol. The molecule has 0 spiro atoms. The molecule has 94 valence electrons. The van der Waals surface area contributed by atoms with Crippen LogP contribution in [-0.4, -0.2) is 26.2 Å². The number of nitrogens with two attached hydrogens (primary N) is 1. The van der Waals surface area contributed by atoms with E-state index in [2.05, 4.69) is 5.32 Å². The second-order valence-electron chi connectivity index (χ2n) is 4.03. The summed E-state index contributed by atoms with van der Waals surface area (Å²) in [6.45, 7) is 3.31. The van der Waals surface area contributed by atoms with E-state index in [1.165, 1.54) is 0 Å². The second kappa shape index (κ2) is 6.91. The minimum absolute atomic E-state index is 0.0749. The highest BCUT2D eigenvalue weighted by Crippen LogP contribution is 2.12. The number of methoxy groups -OCH3 is 1. The van der Waals surface area contributed by atoms with Gasteiger partial charge >= 0.3 is 0 Å². The SMILES string of the molecule is COCCCCNC(=O)c1ccc(C)c(N)c1. The number of hydrogen-bond acceptors (Lipinski definition) is 3. The number of nitrogens with one attached hydrogen (secondary N) is 1. The number of amides is 1. The normalized spacial score (nSPS) is 10.2. The number of unbranched alkanes of at least 4 members (excludes halogenated alkanes) is 1. The minimum Gasteiger partial charge on any atom is -0.398 e. The van der Waals surface area contributed by atoms with Gasteiger partial charge in [-0.2, -0.15) is 0 Å². The Morgan fingerprint density at radius 3 is 2.82 bits per heavy atom. The maximum absolute atomic E-state index is 11.7. The maximum atomic E-state index is 11.7. The fourth-order valence-corrected chi connectivity index (χ4v) is 1.46. The molecule has 0 radical (unpaired) electrons. The van der Waals surface area contributed by atoms with E-state index in [4.69, 9.17) is 10.5 Å². The summed E-state index contributed by atoms with van der Waals surface area (Å²) in [6.07, 6.45) is 1.87. The molecule has 17 heavy (non-hydrogen) atoms. The van der Waals surface area contributed by atoms with Gasteiger partial charge < -0.3 is 15.8 Å². The van der Waals surface area contributed by atoms with Gasteiger partial charge in [0, 0.05) is 31.5 Å². The van der Waals surface area contributed by atoms with Crippen molar-refractivity contribution in [3.63, 3.8) is 0 Å². The molecule has 0 aromatic heterocycles. The largest absolute Gasteiger partial charge is 0.398 e. The van der Waals surface area contributed by atoms with Gasteiger partial charge in [0.25, 0.3) is 5.91 Å². The summed E-state index contributed by atoms with van der Waals surface area (Å²) in [4.78, 5) is 11.7. The maximum Gasteiger partial charge on any atom is 0.251 e. The fraction of sp³-hybridized carbons (Fsp3) is 0.462. The molecule has 1 rings (SSSR count). The van der Waals surface area contributed by atoms with Crippen LogP contribution in [0.2, 0.25) is 0 Å². The number of nitrogen functional groups attached to an aromatic ring is 1. The highest BCUT2D eigenvalue weighted by atomic mass is 16.5. The smallest absolute Gasteiger partial charge is 0.251 e. The van der Waals surface area contributed by atoms with Crippen molar-refractivity contribution in [3.05, 3.63) is 29.3 Å². The third-order valence-electron chi connectivity index (χ3n) is 2.60. The van der Waals surface area contributed by atoms with Gasteiger partial charge in [-0.3, -0.25) is 4.79 Å². The Bertz CT molecular complexity index is 378. The monoisotopic (exact) mass is 236 g/mol. The third kappa shape index (κ3) is 4.44. The van der Waals surface area contributed by atoms with Crippen LogP contribution in [0.5, 0.6) is 0 Å². The van der Waals surface area contributed by atoms with E-state index in [0.29, 0.717) is 17.8 Å². The van der Waals surface area contributed by atoms with Crippen LogP contribution in [0.15, 0.2) is 18.2 Å². The molecule has 0 saturated carbocycles. The van der Waals surface area contributed by atoms with Gasteiger partial charge in [-0.05, 0) is 37.5 Å². The molecule has 0 fully saturated rings. The van der Waals surface area contributed by atoms with Crippen molar-refractivity contribution in [2.24, 2.45) is 0 Å². The molecule has 0 saturated heterocycles. The van der Waals surface area contributed by atoms with E-state index in [-0.39, 0.29) is 5.91 Å². The molecule has 0 aliphatic heterocycles. The van der Waals surface area contributed by atoms with Gasteiger partial charge in [0.2, 0.25) is 0 Å². The summed E-state index contributed by atoms with van der Waals surface area (Å²) in [7, 11) is 1.67. The number of hydrogen-bond donors (Lipinski definition) is 2. The number of anilines is 1. The van der Waals surface area contributed by atoms with Gasteiger partial charge in [0.05, 0.1) is 0 Å². The summed E-state index contributed by atoms with van der Waals surface area (Å²) in [5, 5.41) is 2.85. The van der Waals surface area contributed by atoms with E-state index in [1.54, 1.807) is 19.2 Å². The van der Waals surface area contributed by atoms with E-state index in [1.807, 2.05) is 13.0 Å². The van der Waals surface area contributed by atoms with Crippen LogP contribution in [0.1, 0.15) is 28.8 Å². The topological polar surface area (TPSA) is 64.3 Å². The van der Waals surface area contributed by atoms with Crippen LogP contribution in [0.25, 0.3) is 0 Å². The summed E-state index contributed by atoms with van der Waals surface area (Å²) in [5.74, 6) is -0.0749. The Morgan fingerprint density at radius 2 is 2.18 bits per heavy atom. The van der Waals surface area contributed by atoms with Crippen molar-refractivity contribution < 1.29 is 9.53 Å². The van der Waals surface area contributed by atoms with E-state index in [9.17, 15) is 4.79 Å². The molecule has 3 N–H and O–H groups in total. The average molecular weight is 236 g/mol. The van der Waals surface area contributed by atoms with Crippen LogP contribution < -0.4 is 11.1 Å². The average Bonchev–Trinajstić information content (AvgIpc) is 2.32. The van der Waals surface area contributed by atoms with Gasteiger partial charge in [-0.15, -0.1) is 0 Å². The van der Waals surface area contributed by atoms with Crippen LogP contribution in [0.4, 0.5) is 5.69 Å². The number of rotatable bonds is 6. The van der Waals surface area contributed by atoms with Crippen molar-refractivity contribution in [1.82, 2.24) is 5.32 Å². The summed E-state index contributed by atoms with van der Waals surface area (Å²) in [6, 6.07) is 5.35. The molecule has 0 aliphatic rings. The lowest BCUT2D eigenvalue weighted by atomic mass is 10.1. The van der Waals surface area contributed by atoms with Gasteiger partial charge in [0.1, 0.15) is 0 Å². The lowest BCUT2D eigenvalue weighted by Gasteiger charge is -2.07. The number of ether oxygens (including phenoxy) is 1. The molecule has 1 amide bonds. The first-order valence-corrected chi connectivity index (χ1v) is 5.78. The number of carbonyl (C=O) groups excluding carboxylic acids is 1. The predicted molar refractivity (Wildman–Crippen MR) is 69.0 cm³/mol. The number of aryl methyl sites for hydroxylation is 1. The minimum atomic E-state index is -0.0749. The quantitative estimate of drug-likeness (QED) is 0.584. The van der Waals surface area contributed by atoms with E-state index >= 15 is 0 Å². The first-order chi connectivity index (χ1) is 8.15. The Balaban J connectivity index is 2.39. The number of benzene rings is 1. The zero-order valence-corrected chi connectivity index (χ0v) is 10.5. The van der Waals surface area contributed by atoms with Gasteiger partial charge in [0.15, 0.2) is 0 Å². The number of carbonyl (C=O) groups is 1. The van der Waals surface area contributed by atoms with E-state index < -0.39 is 0 Å². The molecule has 0 unspecified atom stereocenters. The zero-order valence-electron chi connectivity index (χ0n) is 10.5. The summed E-state index contributed by atoms with van der Waals surface area (Å²) >= 11 is 0. The Kier molecular flexibility index (Phi) is 5.49. The van der Waals surface area contributed by atoms with Crippen molar-refractivity contribution in [1.29, 1.82) is 0 Å². The molecule has 1 aromatic carbocycles. The van der Waals surface area contributed by atoms with Crippen LogP contribution in [0, 0.1) is 6.92 Å². The van der Waals surface area contributed by atoms with Crippen molar-refractivity contribution in [3.8, 4) is 0 Å². The lowest BCUT2D eigenvalue weighted by Crippen LogP contribution is -2.24. The molecule has 4 heteroatoms. The Hall–Kier alpha value is -1.55. The molecular formula is C13H20N2O2. The highest BCUT2D eigenvalue weighted by Gasteiger charge is 2.05. The lowest BCUT2D eigenvalue weighted by molar-refractivity contribution is 0.0951. The van der Waals surface area contributed by atoms with Crippen LogP contribution >= 0.6 is 0 Å². The Morgan fingerprint density at radius 1 is 1.41 bits per heavy atom. The zero-order chi connectivity index (χ0) is 12.7. The van der Waals surface area contributed by atoms with Crippen LogP contribution in [0.3, 0.4) is 0 Å². The first kappa shape index (κ1) is 13.5. The highest BCUT2D eigenvalue weighted by molar-refractivity contribution is 5.95. The molecule has 0 bridgehead atoms. The molecule has 0 heterocycles. The van der Waals surface area contributed by atoms with Crippen LogP contribution in [-0.2, 0) is 4.74 Å². The molecule has 4 nitrogen and oxygen atoms in total. The van der Waals surface area contributed by atoms with Gasteiger partial charge in [-0.1, -0.05) is 6.07 Å². The second-order valence-corrected chi connectivity index (χ2v) is 4.03. The summed E-state index contributed by atoms with van der Waals surface area (Å²) < 4.78 is 4.93. The predicted octanol–water partition coefficient (Wildman–Crippen LogP) is 1.73. The standard InChI is InChI=1S/C13H20N2O2/c1-10-5-6-11(9-12(10)14)13(16)15-7-3-4-8-17-2/h5-6,9H,3-4,7-8,14H2,1-2H3,(H,15,16). The Labute approximate surface area is 102 Å². The first-order valence-electron chi connectivity index (χ1n) is 5.78. The van der Waals surface area contributed by atoms with Crippen molar-refractivity contribution >= 4 is 11.6 Å². The van der Waals surface area contributed by atoms with Gasteiger partial charge in [-0.25, -0.2) is 0 Å². The molecule has 0 atom stereocenters. The molecule has 0 aliphatic carbocycles. The van der Waals surface area contributed by atoms with E-state index in [0.717, 1.165) is 25.0 Å². The fourth-order valence-electron chi connectivity index (χ4n) is 1.46.